The number of halogens is 4. The van der Waals surface area contributed by atoms with Crippen LogP contribution in [0.15, 0.2) is 54.6 Å². The maximum atomic E-state index is 13.8. The fourth-order valence-electron chi connectivity index (χ4n) is 3.50. The summed E-state index contributed by atoms with van der Waals surface area (Å²) in [6.07, 6.45) is -4.80. The van der Waals surface area contributed by atoms with Crippen molar-refractivity contribution in [1.82, 2.24) is 9.78 Å². The Morgan fingerprint density at radius 1 is 1.23 bits per heavy atom. The third-order valence-corrected chi connectivity index (χ3v) is 5.26. The molecule has 2 aromatic carbocycles. The number of hydrogen-bond donors (Lipinski definition) is 2. The predicted octanol–water partition coefficient (Wildman–Crippen LogP) is 5.46. The number of nitrogens with one attached hydrogen (secondary N) is 2. The van der Waals surface area contributed by atoms with Gasteiger partial charge in [0.1, 0.15) is 11.6 Å². The van der Waals surface area contributed by atoms with Gasteiger partial charge in [0, 0.05) is 23.2 Å². The highest BCUT2D eigenvalue weighted by Gasteiger charge is 2.46. The second-order valence-corrected chi connectivity index (χ2v) is 7.52. The molecule has 0 radical (unpaired) electrons. The topological polar surface area (TPSA) is 68.2 Å². The third kappa shape index (κ3) is 4.46. The molecule has 10 heteroatoms. The van der Waals surface area contributed by atoms with Gasteiger partial charge in [-0.2, -0.15) is 18.3 Å². The number of benzene rings is 2. The van der Waals surface area contributed by atoms with Crippen LogP contribution in [0.2, 0.25) is 5.02 Å². The van der Waals surface area contributed by atoms with Gasteiger partial charge in [-0.3, -0.25) is 4.79 Å². The molecule has 3 aromatic rings. The van der Waals surface area contributed by atoms with Crippen LogP contribution in [-0.4, -0.2) is 29.0 Å². The second kappa shape index (κ2) is 8.14. The molecule has 6 nitrogen and oxygen atoms in total. The fourth-order valence-corrected chi connectivity index (χ4v) is 3.69. The zero-order valence-electron chi connectivity index (χ0n) is 16.3. The number of aromatic nitrogens is 2. The van der Waals surface area contributed by atoms with Crippen molar-refractivity contribution in [3.63, 3.8) is 0 Å². The molecule has 1 amide bonds. The summed E-state index contributed by atoms with van der Waals surface area (Å²) in [6.45, 7) is 0. The Labute approximate surface area is 181 Å². The number of ether oxygens (including phenoxy) is 1. The average Bonchev–Trinajstić information content (AvgIpc) is 3.16. The Bertz CT molecular complexity index is 1100. The molecule has 0 unspecified atom stereocenters. The molecule has 1 aliphatic heterocycles. The molecule has 162 valence electrons. The Morgan fingerprint density at radius 2 is 1.97 bits per heavy atom. The van der Waals surface area contributed by atoms with E-state index in [0.29, 0.717) is 22.0 Å². The lowest BCUT2D eigenvalue weighted by atomic mass is 9.97. The zero-order valence-corrected chi connectivity index (χ0v) is 17.0. The summed E-state index contributed by atoms with van der Waals surface area (Å²) < 4.78 is 47.3. The third-order valence-electron chi connectivity index (χ3n) is 5.02. The first-order valence-electron chi connectivity index (χ1n) is 9.38. The fraction of sp³-hybridized carbons (Fsp3) is 0.238. The van der Waals surface area contributed by atoms with Crippen LogP contribution in [0.5, 0.6) is 5.75 Å². The van der Waals surface area contributed by atoms with Crippen LogP contribution in [0.3, 0.4) is 0 Å². The number of alkyl halides is 3. The van der Waals surface area contributed by atoms with Crippen LogP contribution in [0, 0.1) is 0 Å². The standard InChI is InChI=1S/C21H18ClF3N4O2/c1-31-15-7-5-12(6-8-15)16-10-18(21(23,24)25)29-19(27-16)11-17(28-29)20(30)26-14-4-2-3-13(22)9-14/h2-9,11,16,18,27H,10H2,1H3,(H,26,30)/t16-,18+/m0/s1. The van der Waals surface area contributed by atoms with Crippen molar-refractivity contribution >= 4 is 29.0 Å². The summed E-state index contributed by atoms with van der Waals surface area (Å²) in [5.74, 6) is 0.0930. The Balaban J connectivity index is 1.63. The van der Waals surface area contributed by atoms with E-state index in [9.17, 15) is 18.0 Å². The number of fused-ring (bicyclic) bond motifs is 1. The van der Waals surface area contributed by atoms with E-state index in [1.165, 1.54) is 19.2 Å². The number of methoxy groups -OCH3 is 1. The number of amides is 1. The number of hydrogen-bond acceptors (Lipinski definition) is 4. The molecule has 0 fully saturated rings. The van der Waals surface area contributed by atoms with Gasteiger partial charge >= 0.3 is 6.18 Å². The molecule has 0 saturated carbocycles. The Kier molecular flexibility index (Phi) is 5.53. The van der Waals surface area contributed by atoms with Crippen LogP contribution in [0.4, 0.5) is 24.7 Å². The second-order valence-electron chi connectivity index (χ2n) is 7.09. The first-order chi connectivity index (χ1) is 14.7. The maximum Gasteiger partial charge on any atom is 0.410 e. The molecule has 0 saturated heterocycles. The van der Waals surface area contributed by atoms with Crippen molar-refractivity contribution < 1.29 is 22.7 Å². The predicted molar refractivity (Wildman–Crippen MR) is 111 cm³/mol. The summed E-state index contributed by atoms with van der Waals surface area (Å²) in [4.78, 5) is 12.6. The summed E-state index contributed by atoms with van der Waals surface area (Å²) >= 11 is 5.91. The number of rotatable bonds is 4. The van der Waals surface area contributed by atoms with E-state index in [1.54, 1.807) is 42.5 Å². The lowest BCUT2D eigenvalue weighted by Gasteiger charge is -2.33. The van der Waals surface area contributed by atoms with Gasteiger partial charge in [0.05, 0.1) is 13.2 Å². The van der Waals surface area contributed by atoms with Gasteiger partial charge in [-0.1, -0.05) is 29.8 Å². The van der Waals surface area contributed by atoms with Gasteiger partial charge in [0.15, 0.2) is 11.7 Å². The molecule has 0 spiro atoms. The minimum atomic E-state index is -4.53. The SMILES string of the molecule is COc1ccc([C@@H]2C[C@H](C(F)(F)F)n3nc(C(=O)Nc4cccc(Cl)c4)cc3N2)cc1. The Hall–Kier alpha value is -3.20. The molecule has 4 rings (SSSR count). The van der Waals surface area contributed by atoms with Crippen molar-refractivity contribution in [2.45, 2.75) is 24.7 Å². The highest BCUT2D eigenvalue weighted by molar-refractivity contribution is 6.30. The van der Waals surface area contributed by atoms with E-state index >= 15 is 0 Å². The van der Waals surface area contributed by atoms with Gasteiger partial charge in [-0.25, -0.2) is 4.68 Å². The molecule has 2 heterocycles. The molecule has 2 N–H and O–H groups in total. The van der Waals surface area contributed by atoms with Gasteiger partial charge in [-0.15, -0.1) is 0 Å². The first kappa shape index (κ1) is 21.0. The van der Waals surface area contributed by atoms with Crippen LogP contribution in [-0.2, 0) is 0 Å². The summed E-state index contributed by atoms with van der Waals surface area (Å²) in [5, 5.41) is 10.0. The minimum Gasteiger partial charge on any atom is -0.497 e. The highest BCUT2D eigenvalue weighted by Crippen LogP contribution is 2.43. The molecule has 2 atom stereocenters. The number of carbonyl (C=O) groups is 1. The van der Waals surface area contributed by atoms with E-state index < -0.39 is 24.2 Å². The van der Waals surface area contributed by atoms with Crippen LogP contribution in [0.1, 0.15) is 34.6 Å². The summed E-state index contributed by atoms with van der Waals surface area (Å²) in [6, 6.07) is 12.1. The van der Waals surface area contributed by atoms with Crippen molar-refractivity contribution in [3.8, 4) is 5.75 Å². The van der Waals surface area contributed by atoms with Crippen LogP contribution in [0.25, 0.3) is 0 Å². The average molecular weight is 451 g/mol. The van der Waals surface area contributed by atoms with Crippen molar-refractivity contribution in [2.24, 2.45) is 0 Å². The molecule has 0 bridgehead atoms. The largest absolute Gasteiger partial charge is 0.497 e. The molecule has 31 heavy (non-hydrogen) atoms. The molecule has 1 aliphatic rings. The molecular weight excluding hydrogens is 433 g/mol. The Morgan fingerprint density at radius 3 is 2.61 bits per heavy atom. The van der Waals surface area contributed by atoms with Gasteiger partial charge in [0.2, 0.25) is 0 Å². The van der Waals surface area contributed by atoms with Crippen molar-refractivity contribution in [2.75, 3.05) is 17.7 Å². The number of carbonyl (C=O) groups excluding carboxylic acids is 1. The molecule has 0 aliphatic carbocycles. The minimum absolute atomic E-state index is 0.116. The van der Waals surface area contributed by atoms with E-state index in [1.807, 2.05) is 0 Å². The van der Waals surface area contributed by atoms with Gasteiger partial charge < -0.3 is 15.4 Å². The summed E-state index contributed by atoms with van der Waals surface area (Å²) in [5.41, 5.74) is 0.958. The highest BCUT2D eigenvalue weighted by atomic mass is 35.5. The lowest BCUT2D eigenvalue weighted by Crippen LogP contribution is -2.35. The van der Waals surface area contributed by atoms with Crippen LogP contribution >= 0.6 is 11.6 Å². The van der Waals surface area contributed by atoms with E-state index in [2.05, 4.69) is 15.7 Å². The normalized spacial score (nSPS) is 18.1. The van der Waals surface area contributed by atoms with E-state index in [-0.39, 0.29) is 17.9 Å². The lowest BCUT2D eigenvalue weighted by molar-refractivity contribution is -0.173. The van der Waals surface area contributed by atoms with Gasteiger partial charge in [0.25, 0.3) is 5.91 Å². The van der Waals surface area contributed by atoms with Crippen molar-refractivity contribution in [1.29, 1.82) is 0 Å². The maximum absolute atomic E-state index is 13.8. The monoisotopic (exact) mass is 450 g/mol. The number of anilines is 2. The summed E-state index contributed by atoms with van der Waals surface area (Å²) in [7, 11) is 1.52. The van der Waals surface area contributed by atoms with Crippen molar-refractivity contribution in [3.05, 3.63) is 70.9 Å². The first-order valence-corrected chi connectivity index (χ1v) is 9.76. The smallest absolute Gasteiger partial charge is 0.410 e. The van der Waals surface area contributed by atoms with Crippen LogP contribution < -0.4 is 15.4 Å². The quantitative estimate of drug-likeness (QED) is 0.554. The number of nitrogens with zero attached hydrogens (tertiary/aromatic N) is 2. The van der Waals surface area contributed by atoms with Gasteiger partial charge in [-0.05, 0) is 35.9 Å². The zero-order chi connectivity index (χ0) is 22.2. The molecule has 1 aromatic heterocycles. The van der Waals surface area contributed by atoms with E-state index in [4.69, 9.17) is 16.3 Å². The van der Waals surface area contributed by atoms with E-state index in [0.717, 1.165) is 4.68 Å². The molecular formula is C21H18ClF3N4O2.